The third-order valence-corrected chi connectivity index (χ3v) is 7.36. The van der Waals surface area contributed by atoms with E-state index >= 15 is 0 Å². The Bertz CT molecular complexity index is 516. The molecule has 0 aliphatic rings. The van der Waals surface area contributed by atoms with Crippen LogP contribution >= 0.6 is 11.3 Å². The molecule has 1 radical (unpaired) electrons. The van der Waals surface area contributed by atoms with Crippen LogP contribution in [0.4, 0.5) is 0 Å². The number of hydrogen-bond donors (Lipinski definition) is 0. The lowest BCUT2D eigenvalue weighted by Gasteiger charge is -2.28. The zero-order valence-corrected chi connectivity index (χ0v) is 15.2. The SMILES string of the molecule is C[C@H](CCO[Si](c1ccccc1)C(C)(C)C)c1cccs1. The van der Waals surface area contributed by atoms with Gasteiger partial charge in [-0.05, 0) is 34.0 Å². The molecule has 0 saturated carbocycles. The van der Waals surface area contributed by atoms with E-state index in [9.17, 15) is 0 Å². The Morgan fingerprint density at radius 3 is 2.38 bits per heavy atom. The summed E-state index contributed by atoms with van der Waals surface area (Å²) >= 11 is 1.84. The highest BCUT2D eigenvalue weighted by Crippen LogP contribution is 2.29. The van der Waals surface area contributed by atoms with Crippen LogP contribution in [-0.2, 0) is 4.43 Å². The minimum absolute atomic E-state index is 0.207. The standard InChI is InChI=1S/C18H25OSSi/c1-15(17-11-8-14-20-17)12-13-19-21(18(2,3)4)16-9-6-5-7-10-16/h5-11,14-15H,12-13H2,1-4H3/t15-/m1/s1. The van der Waals surface area contributed by atoms with Crippen LogP contribution in [0.25, 0.3) is 0 Å². The average Bonchev–Trinajstić information content (AvgIpc) is 2.97. The summed E-state index contributed by atoms with van der Waals surface area (Å²) in [5.41, 5.74) is 0. The van der Waals surface area contributed by atoms with Crippen molar-refractivity contribution in [1.82, 2.24) is 0 Å². The third-order valence-electron chi connectivity index (χ3n) is 3.54. The van der Waals surface area contributed by atoms with Crippen LogP contribution in [0.2, 0.25) is 5.04 Å². The highest BCUT2D eigenvalue weighted by Gasteiger charge is 2.30. The number of hydrogen-bond acceptors (Lipinski definition) is 2. The first-order chi connectivity index (χ1) is 9.98. The third kappa shape index (κ3) is 4.80. The molecule has 0 bridgehead atoms. The van der Waals surface area contributed by atoms with Crippen LogP contribution in [-0.4, -0.2) is 15.6 Å². The van der Waals surface area contributed by atoms with Crippen LogP contribution in [0.15, 0.2) is 47.8 Å². The van der Waals surface area contributed by atoms with Gasteiger partial charge in [-0.25, -0.2) is 0 Å². The van der Waals surface area contributed by atoms with Gasteiger partial charge in [0.15, 0.2) is 0 Å². The van der Waals surface area contributed by atoms with Crippen molar-refractivity contribution < 1.29 is 4.43 Å². The quantitative estimate of drug-likeness (QED) is 0.684. The second kappa shape index (κ2) is 7.39. The van der Waals surface area contributed by atoms with E-state index in [1.807, 2.05) is 11.3 Å². The minimum atomic E-state index is -0.998. The lowest BCUT2D eigenvalue weighted by Crippen LogP contribution is -2.41. The maximum atomic E-state index is 6.37. The Morgan fingerprint density at radius 2 is 1.81 bits per heavy atom. The monoisotopic (exact) mass is 317 g/mol. The van der Waals surface area contributed by atoms with Crippen molar-refractivity contribution in [3.8, 4) is 0 Å². The Balaban J connectivity index is 1.94. The first-order valence-corrected chi connectivity index (χ1v) is 9.86. The van der Waals surface area contributed by atoms with Gasteiger partial charge in [0.05, 0.1) is 0 Å². The predicted octanol–water partition coefficient (Wildman–Crippen LogP) is 4.96. The maximum absolute atomic E-state index is 6.37. The summed E-state index contributed by atoms with van der Waals surface area (Å²) in [6.45, 7) is 10.0. The van der Waals surface area contributed by atoms with Crippen LogP contribution in [0.1, 0.15) is 44.9 Å². The summed E-state index contributed by atoms with van der Waals surface area (Å²) in [6.07, 6.45) is 1.09. The average molecular weight is 318 g/mol. The summed E-state index contributed by atoms with van der Waals surface area (Å²) in [5, 5.41) is 3.73. The van der Waals surface area contributed by atoms with Crippen molar-refractivity contribution in [1.29, 1.82) is 0 Å². The van der Waals surface area contributed by atoms with Crippen molar-refractivity contribution >= 4 is 25.6 Å². The molecule has 0 saturated heterocycles. The van der Waals surface area contributed by atoms with Crippen molar-refractivity contribution in [2.75, 3.05) is 6.61 Å². The first kappa shape index (κ1) is 16.5. The van der Waals surface area contributed by atoms with Gasteiger partial charge in [0.2, 0.25) is 0 Å². The molecule has 0 spiro atoms. The molecule has 1 heterocycles. The zero-order valence-electron chi connectivity index (χ0n) is 13.4. The Morgan fingerprint density at radius 1 is 1.10 bits per heavy atom. The van der Waals surface area contributed by atoms with E-state index in [4.69, 9.17) is 4.43 Å². The van der Waals surface area contributed by atoms with Crippen molar-refractivity contribution in [2.24, 2.45) is 0 Å². The summed E-state index contributed by atoms with van der Waals surface area (Å²) in [6, 6.07) is 15.1. The van der Waals surface area contributed by atoms with Gasteiger partial charge in [0.1, 0.15) is 0 Å². The molecule has 1 atom stereocenters. The van der Waals surface area contributed by atoms with Gasteiger partial charge < -0.3 is 4.43 Å². The normalized spacial score (nSPS) is 13.6. The number of rotatable bonds is 6. The van der Waals surface area contributed by atoms with Gasteiger partial charge >= 0.3 is 0 Å². The molecule has 1 aromatic carbocycles. The van der Waals surface area contributed by atoms with E-state index in [0.717, 1.165) is 13.0 Å². The largest absolute Gasteiger partial charge is 0.411 e. The van der Waals surface area contributed by atoms with Crippen molar-refractivity contribution in [3.63, 3.8) is 0 Å². The second-order valence-electron chi connectivity index (χ2n) is 6.50. The second-order valence-corrected chi connectivity index (χ2v) is 10.5. The van der Waals surface area contributed by atoms with E-state index in [2.05, 4.69) is 75.5 Å². The summed E-state index contributed by atoms with van der Waals surface area (Å²) in [4.78, 5) is 1.46. The molecular weight excluding hydrogens is 292 g/mol. The van der Waals surface area contributed by atoms with Gasteiger partial charge in [-0.3, -0.25) is 0 Å². The molecule has 0 amide bonds. The summed E-state index contributed by atoms with van der Waals surface area (Å²) in [5.74, 6) is 0.587. The fourth-order valence-corrected chi connectivity index (χ4v) is 5.48. The molecule has 0 unspecified atom stereocenters. The summed E-state index contributed by atoms with van der Waals surface area (Å²) < 4.78 is 6.37. The van der Waals surface area contributed by atoms with Crippen LogP contribution in [0, 0.1) is 0 Å². The molecule has 2 aromatic rings. The molecule has 0 N–H and O–H groups in total. The summed E-state index contributed by atoms with van der Waals surface area (Å²) in [7, 11) is -0.998. The minimum Gasteiger partial charge on any atom is -0.411 e. The molecular formula is C18H25OSSi. The molecule has 1 aromatic heterocycles. The van der Waals surface area contributed by atoms with Gasteiger partial charge in [-0.15, -0.1) is 11.3 Å². The lowest BCUT2D eigenvalue weighted by molar-refractivity contribution is 0.294. The molecule has 2 rings (SSSR count). The first-order valence-electron chi connectivity index (χ1n) is 7.57. The topological polar surface area (TPSA) is 9.23 Å². The smallest absolute Gasteiger partial charge is 0.252 e. The molecule has 0 aliphatic carbocycles. The Labute approximate surface area is 134 Å². The molecule has 0 aliphatic heterocycles. The lowest BCUT2D eigenvalue weighted by atomic mass is 10.1. The molecule has 0 fully saturated rings. The highest BCUT2D eigenvalue weighted by atomic mass is 32.1. The number of thiophene rings is 1. The van der Waals surface area contributed by atoms with E-state index in [1.165, 1.54) is 10.1 Å². The van der Waals surface area contributed by atoms with E-state index in [-0.39, 0.29) is 5.04 Å². The van der Waals surface area contributed by atoms with Gasteiger partial charge in [-0.1, -0.05) is 64.1 Å². The van der Waals surface area contributed by atoms with E-state index in [0.29, 0.717) is 5.92 Å². The zero-order chi connectivity index (χ0) is 15.3. The fraction of sp³-hybridized carbons (Fsp3) is 0.444. The molecule has 21 heavy (non-hydrogen) atoms. The highest BCUT2D eigenvalue weighted by molar-refractivity contribution is 7.10. The molecule has 113 valence electrons. The van der Waals surface area contributed by atoms with Crippen LogP contribution in [0.5, 0.6) is 0 Å². The van der Waals surface area contributed by atoms with Crippen LogP contribution in [0.3, 0.4) is 0 Å². The molecule has 3 heteroatoms. The maximum Gasteiger partial charge on any atom is 0.252 e. The Hall–Kier alpha value is -0.903. The van der Waals surface area contributed by atoms with E-state index in [1.54, 1.807) is 0 Å². The van der Waals surface area contributed by atoms with Gasteiger partial charge in [0, 0.05) is 11.5 Å². The van der Waals surface area contributed by atoms with E-state index < -0.39 is 9.04 Å². The van der Waals surface area contributed by atoms with Crippen molar-refractivity contribution in [2.45, 2.75) is 45.1 Å². The fourth-order valence-electron chi connectivity index (χ4n) is 2.37. The van der Waals surface area contributed by atoms with Gasteiger partial charge in [-0.2, -0.15) is 0 Å². The Kier molecular flexibility index (Phi) is 5.79. The van der Waals surface area contributed by atoms with Crippen molar-refractivity contribution in [3.05, 3.63) is 52.7 Å². The molecule has 1 nitrogen and oxygen atoms in total. The predicted molar refractivity (Wildman–Crippen MR) is 94.8 cm³/mol. The number of benzene rings is 1. The van der Waals surface area contributed by atoms with Crippen LogP contribution < -0.4 is 5.19 Å². The van der Waals surface area contributed by atoms with Gasteiger partial charge in [0.25, 0.3) is 9.04 Å².